The van der Waals surface area contributed by atoms with Crippen LogP contribution in [0.15, 0.2) is 60.9 Å². The Kier molecular flexibility index (Phi) is 5.98. The molecule has 0 unspecified atom stereocenters. The number of aryl methyl sites for hydroxylation is 1. The molecule has 0 saturated heterocycles. The van der Waals surface area contributed by atoms with Crippen molar-refractivity contribution in [3.63, 3.8) is 0 Å². The molecule has 0 spiro atoms. The number of nitrogens with one attached hydrogen (secondary N) is 2. The molecule has 3 aromatic heterocycles. The summed E-state index contributed by atoms with van der Waals surface area (Å²) in [5.41, 5.74) is 3.77. The predicted molar refractivity (Wildman–Crippen MR) is 117 cm³/mol. The molecule has 1 aromatic carbocycles. The van der Waals surface area contributed by atoms with Crippen LogP contribution < -0.4 is 10.1 Å². The van der Waals surface area contributed by atoms with Crippen LogP contribution in [-0.4, -0.2) is 37.7 Å². The van der Waals surface area contributed by atoms with Crippen LogP contribution in [-0.2, 0) is 6.42 Å². The third-order valence-corrected chi connectivity index (χ3v) is 4.54. The van der Waals surface area contributed by atoms with E-state index in [0.29, 0.717) is 30.5 Å². The first-order valence-corrected chi connectivity index (χ1v) is 9.95. The Bertz CT molecular complexity index is 1190. The van der Waals surface area contributed by atoms with Gasteiger partial charge in [0.25, 0.3) is 5.91 Å². The number of carbonyl (C=O) groups excluding carboxylic acids is 1. The maximum atomic E-state index is 12.6. The van der Waals surface area contributed by atoms with E-state index in [2.05, 4.69) is 30.5 Å². The average Bonchev–Trinajstić information content (AvgIpc) is 3.25. The van der Waals surface area contributed by atoms with Gasteiger partial charge in [-0.25, -0.2) is 9.97 Å². The number of carbonyl (C=O) groups is 1. The second kappa shape index (κ2) is 9.17. The Labute approximate surface area is 179 Å². The Morgan fingerprint density at radius 2 is 1.94 bits per heavy atom. The number of amides is 1. The first kappa shape index (κ1) is 20.2. The molecule has 4 rings (SSSR count). The molecule has 0 aliphatic rings. The van der Waals surface area contributed by atoms with Crippen LogP contribution in [0.1, 0.15) is 34.5 Å². The minimum atomic E-state index is -0.413. The zero-order valence-electron chi connectivity index (χ0n) is 17.3. The summed E-state index contributed by atoms with van der Waals surface area (Å²) in [5.74, 6) is 1.27. The van der Waals surface area contributed by atoms with Gasteiger partial charge in [-0.3, -0.25) is 4.79 Å². The van der Waals surface area contributed by atoms with Crippen molar-refractivity contribution in [3.05, 3.63) is 83.7 Å². The number of nitrogens with zero attached hydrogens (tertiary/aromatic N) is 4. The highest BCUT2D eigenvalue weighted by Crippen LogP contribution is 2.30. The molecule has 3 heterocycles. The molecule has 0 radical (unpaired) electrons. The lowest BCUT2D eigenvalue weighted by atomic mass is 10.1. The first-order chi connectivity index (χ1) is 15.1. The molecule has 31 heavy (non-hydrogen) atoms. The fraction of sp³-hybridized carbons (Fsp3) is 0.174. The summed E-state index contributed by atoms with van der Waals surface area (Å²) < 4.78 is 5.65. The maximum absolute atomic E-state index is 12.6. The molecule has 4 aromatic rings. The molecule has 0 fully saturated rings. The van der Waals surface area contributed by atoms with Gasteiger partial charge in [0.2, 0.25) is 11.7 Å². The summed E-state index contributed by atoms with van der Waals surface area (Å²) in [4.78, 5) is 24.2. The number of aromatic amines is 1. The van der Waals surface area contributed by atoms with Gasteiger partial charge in [0.1, 0.15) is 11.6 Å². The van der Waals surface area contributed by atoms with E-state index >= 15 is 0 Å². The minimum absolute atomic E-state index is 0.130. The van der Waals surface area contributed by atoms with Gasteiger partial charge < -0.3 is 15.0 Å². The van der Waals surface area contributed by atoms with E-state index in [1.54, 1.807) is 18.5 Å². The number of rotatable bonds is 7. The molecule has 1 amide bonds. The summed E-state index contributed by atoms with van der Waals surface area (Å²) in [7, 11) is 0. The molecule has 0 saturated carbocycles. The van der Waals surface area contributed by atoms with Crippen LogP contribution in [0.5, 0.6) is 5.88 Å². The molecule has 8 nitrogen and oxygen atoms in total. The third kappa shape index (κ3) is 4.92. The van der Waals surface area contributed by atoms with Gasteiger partial charge in [0, 0.05) is 24.4 Å². The second-order valence-corrected chi connectivity index (χ2v) is 6.96. The summed E-state index contributed by atoms with van der Waals surface area (Å²) >= 11 is 0. The number of aromatic nitrogens is 5. The van der Waals surface area contributed by atoms with Gasteiger partial charge in [-0.15, -0.1) is 10.2 Å². The fourth-order valence-electron chi connectivity index (χ4n) is 3.13. The van der Waals surface area contributed by atoms with Crippen LogP contribution in [0.25, 0.3) is 11.1 Å². The highest BCUT2D eigenvalue weighted by molar-refractivity contribution is 6.01. The number of anilines is 1. The molecule has 2 N–H and O–H groups in total. The van der Waals surface area contributed by atoms with Gasteiger partial charge >= 0.3 is 0 Å². The first-order valence-electron chi connectivity index (χ1n) is 9.95. The summed E-state index contributed by atoms with van der Waals surface area (Å²) in [6.07, 6.45) is 3.95. The summed E-state index contributed by atoms with van der Waals surface area (Å²) in [6.45, 7) is 4.38. The van der Waals surface area contributed by atoms with Gasteiger partial charge in [-0.05, 0) is 48.7 Å². The second-order valence-electron chi connectivity index (χ2n) is 6.96. The summed E-state index contributed by atoms with van der Waals surface area (Å²) in [5, 5.41) is 10.8. The number of H-pyrrole nitrogens is 1. The molecule has 156 valence electrons. The lowest BCUT2D eigenvalue weighted by Gasteiger charge is -2.11. The van der Waals surface area contributed by atoms with Crippen LogP contribution in [0.3, 0.4) is 0 Å². The Morgan fingerprint density at radius 1 is 1.10 bits per heavy atom. The number of hydrogen-bond donors (Lipinski definition) is 2. The van der Waals surface area contributed by atoms with Gasteiger partial charge in [0.05, 0.1) is 6.61 Å². The SMILES string of the molecule is CCOc1ncc(C)cc1-c1ccnc(NC(=O)c2nnc(Cc3ccccc3)[nH]2)c1. The van der Waals surface area contributed by atoms with E-state index in [-0.39, 0.29) is 5.82 Å². The van der Waals surface area contributed by atoms with Crippen molar-refractivity contribution in [2.45, 2.75) is 20.3 Å². The van der Waals surface area contributed by atoms with Crippen LogP contribution in [0.2, 0.25) is 0 Å². The minimum Gasteiger partial charge on any atom is -0.478 e. The number of hydrogen-bond acceptors (Lipinski definition) is 6. The molecular weight excluding hydrogens is 392 g/mol. The highest BCUT2D eigenvalue weighted by atomic mass is 16.5. The van der Waals surface area contributed by atoms with Gasteiger partial charge in [-0.2, -0.15) is 0 Å². The number of pyridine rings is 2. The number of ether oxygens (including phenoxy) is 1. The third-order valence-electron chi connectivity index (χ3n) is 4.54. The van der Waals surface area contributed by atoms with Crippen molar-refractivity contribution in [3.8, 4) is 17.0 Å². The fourth-order valence-corrected chi connectivity index (χ4v) is 3.13. The molecule has 0 bridgehead atoms. The monoisotopic (exact) mass is 414 g/mol. The van der Waals surface area contributed by atoms with Crippen LogP contribution in [0, 0.1) is 6.92 Å². The zero-order valence-corrected chi connectivity index (χ0v) is 17.3. The molecule has 0 atom stereocenters. The van der Waals surface area contributed by atoms with Gasteiger partial charge in [0.15, 0.2) is 0 Å². The standard InChI is InChI=1S/C23H22N6O2/c1-3-31-23-18(11-15(2)14-25-23)17-9-10-24-19(13-17)27-22(30)21-26-20(28-29-21)12-16-7-5-4-6-8-16/h4-11,13-14H,3,12H2,1-2H3,(H,24,27,30)(H,26,28,29). The lowest BCUT2D eigenvalue weighted by molar-refractivity contribution is 0.101. The van der Waals surface area contributed by atoms with E-state index in [1.807, 2.05) is 56.3 Å². The molecular formula is C23H22N6O2. The molecule has 8 heteroatoms. The average molecular weight is 414 g/mol. The van der Waals surface area contributed by atoms with Crippen molar-refractivity contribution in [1.29, 1.82) is 0 Å². The van der Waals surface area contributed by atoms with E-state index in [4.69, 9.17) is 4.74 Å². The summed E-state index contributed by atoms with van der Waals surface area (Å²) in [6, 6.07) is 15.5. The maximum Gasteiger partial charge on any atom is 0.294 e. The van der Waals surface area contributed by atoms with E-state index in [9.17, 15) is 4.79 Å². The Morgan fingerprint density at radius 3 is 2.74 bits per heavy atom. The lowest BCUT2D eigenvalue weighted by Crippen LogP contribution is -2.14. The van der Waals surface area contributed by atoms with Crippen molar-refractivity contribution < 1.29 is 9.53 Å². The van der Waals surface area contributed by atoms with Crippen LogP contribution >= 0.6 is 0 Å². The molecule has 0 aliphatic carbocycles. The normalized spacial score (nSPS) is 10.6. The topological polar surface area (TPSA) is 106 Å². The molecule has 0 aliphatic heterocycles. The van der Waals surface area contributed by atoms with Crippen LogP contribution in [0.4, 0.5) is 5.82 Å². The Balaban J connectivity index is 1.51. The van der Waals surface area contributed by atoms with Crippen molar-refractivity contribution in [1.82, 2.24) is 25.1 Å². The highest BCUT2D eigenvalue weighted by Gasteiger charge is 2.15. The van der Waals surface area contributed by atoms with E-state index in [0.717, 1.165) is 22.3 Å². The largest absolute Gasteiger partial charge is 0.478 e. The van der Waals surface area contributed by atoms with Gasteiger partial charge in [-0.1, -0.05) is 30.3 Å². The van der Waals surface area contributed by atoms with Crippen molar-refractivity contribution >= 4 is 11.7 Å². The number of benzene rings is 1. The van der Waals surface area contributed by atoms with E-state index in [1.165, 1.54) is 0 Å². The van der Waals surface area contributed by atoms with Crippen molar-refractivity contribution in [2.24, 2.45) is 0 Å². The van der Waals surface area contributed by atoms with Crippen molar-refractivity contribution in [2.75, 3.05) is 11.9 Å². The zero-order chi connectivity index (χ0) is 21.6. The quantitative estimate of drug-likeness (QED) is 0.476. The smallest absolute Gasteiger partial charge is 0.294 e. The van der Waals surface area contributed by atoms with E-state index < -0.39 is 5.91 Å². The Hall–Kier alpha value is -4.07. The predicted octanol–water partition coefficient (Wildman–Crippen LogP) is 3.81.